The minimum absolute atomic E-state index is 0.241. The molecular formula is C67H125NO10. The van der Waals surface area contributed by atoms with Crippen LogP contribution in [0.15, 0.2) is 48.6 Å². The molecule has 1 fully saturated rings. The van der Waals surface area contributed by atoms with Crippen LogP contribution < -0.4 is 5.32 Å². The van der Waals surface area contributed by atoms with Crippen LogP contribution in [0.1, 0.15) is 303 Å². The predicted octanol–water partition coefficient (Wildman–Crippen LogP) is 15.2. The SMILES string of the molecule is CCCCCC/C=C/CC/C=C/CC/C=C/CCCC(O)C(O)C(COC1OC(CO)C(O)C(O)C1O)NC(=O)C(O)CCCCCCCCCCCCCCCCCC/C=C\CCCCCCCCCCCCCCCC. The molecule has 11 nitrogen and oxygen atoms in total. The fourth-order valence-electron chi connectivity index (χ4n) is 10.5. The fourth-order valence-corrected chi connectivity index (χ4v) is 10.5. The lowest BCUT2D eigenvalue weighted by molar-refractivity contribution is -0.303. The molecule has 0 spiro atoms. The van der Waals surface area contributed by atoms with Gasteiger partial charge in [-0.3, -0.25) is 4.79 Å². The minimum Gasteiger partial charge on any atom is -0.394 e. The Morgan fingerprint density at radius 3 is 1.15 bits per heavy atom. The maximum atomic E-state index is 13.2. The second-order valence-corrected chi connectivity index (χ2v) is 23.2. The normalized spacial score (nSPS) is 19.7. The van der Waals surface area contributed by atoms with Crippen LogP contribution in [0.25, 0.3) is 0 Å². The molecule has 11 heteroatoms. The van der Waals surface area contributed by atoms with Crippen molar-refractivity contribution < 1.29 is 50.0 Å². The summed E-state index contributed by atoms with van der Waals surface area (Å²) in [5, 5.41) is 76.2. The number of hydrogen-bond donors (Lipinski definition) is 8. The van der Waals surface area contributed by atoms with Gasteiger partial charge in [-0.25, -0.2) is 0 Å². The van der Waals surface area contributed by atoms with E-state index in [1.165, 1.54) is 212 Å². The zero-order valence-corrected chi connectivity index (χ0v) is 50.4. The quantitative estimate of drug-likeness (QED) is 0.0215. The number of amides is 1. The lowest BCUT2D eigenvalue weighted by Crippen LogP contribution is -2.60. The number of unbranched alkanes of at least 4 members (excludes halogenated alkanes) is 37. The average Bonchev–Trinajstić information content (AvgIpc) is 3.46. The van der Waals surface area contributed by atoms with Gasteiger partial charge >= 0.3 is 0 Å². The number of aliphatic hydroxyl groups excluding tert-OH is 7. The number of hydrogen-bond acceptors (Lipinski definition) is 10. The Balaban J connectivity index is 2.19. The Labute approximate surface area is 479 Å². The van der Waals surface area contributed by atoms with Crippen molar-refractivity contribution in [3.63, 3.8) is 0 Å². The van der Waals surface area contributed by atoms with Crippen LogP contribution in [0, 0.1) is 0 Å². The zero-order valence-electron chi connectivity index (χ0n) is 50.4. The van der Waals surface area contributed by atoms with Gasteiger partial charge < -0.3 is 50.5 Å². The van der Waals surface area contributed by atoms with E-state index in [2.05, 4.69) is 67.8 Å². The van der Waals surface area contributed by atoms with Gasteiger partial charge in [0.05, 0.1) is 25.4 Å². The predicted molar refractivity (Wildman–Crippen MR) is 325 cm³/mol. The van der Waals surface area contributed by atoms with E-state index in [4.69, 9.17) is 9.47 Å². The summed E-state index contributed by atoms with van der Waals surface area (Å²) in [7, 11) is 0. The highest BCUT2D eigenvalue weighted by atomic mass is 16.7. The summed E-state index contributed by atoms with van der Waals surface area (Å²) >= 11 is 0. The maximum Gasteiger partial charge on any atom is 0.249 e. The summed E-state index contributed by atoms with van der Waals surface area (Å²) < 4.78 is 11.1. The van der Waals surface area contributed by atoms with Crippen molar-refractivity contribution in [2.45, 2.75) is 358 Å². The van der Waals surface area contributed by atoms with Crippen LogP contribution in [-0.4, -0.2) is 110 Å². The van der Waals surface area contributed by atoms with Crippen LogP contribution in [-0.2, 0) is 14.3 Å². The average molecular weight is 1100 g/mol. The maximum absolute atomic E-state index is 13.2. The van der Waals surface area contributed by atoms with Crippen molar-refractivity contribution in [3.05, 3.63) is 48.6 Å². The van der Waals surface area contributed by atoms with Crippen molar-refractivity contribution in [2.75, 3.05) is 13.2 Å². The van der Waals surface area contributed by atoms with Gasteiger partial charge in [0, 0.05) is 0 Å². The van der Waals surface area contributed by atoms with E-state index in [1.54, 1.807) is 0 Å². The van der Waals surface area contributed by atoms with E-state index < -0.39 is 74.2 Å². The van der Waals surface area contributed by atoms with Crippen LogP contribution in [0.5, 0.6) is 0 Å². The molecule has 0 aromatic carbocycles. The smallest absolute Gasteiger partial charge is 0.249 e. The first-order chi connectivity index (χ1) is 38.2. The molecule has 8 N–H and O–H groups in total. The molecular weight excluding hydrogens is 979 g/mol. The summed E-state index contributed by atoms with van der Waals surface area (Å²) in [5.74, 6) is -0.710. The molecule has 0 aromatic rings. The Kier molecular flexibility index (Phi) is 52.8. The number of rotatable bonds is 57. The molecule has 1 heterocycles. The molecule has 0 radical (unpaired) electrons. The van der Waals surface area contributed by atoms with Crippen molar-refractivity contribution in [3.8, 4) is 0 Å². The monoisotopic (exact) mass is 1100 g/mol. The highest BCUT2D eigenvalue weighted by Gasteiger charge is 2.44. The van der Waals surface area contributed by atoms with Crippen LogP contribution in [0.2, 0.25) is 0 Å². The van der Waals surface area contributed by atoms with Crippen LogP contribution in [0.3, 0.4) is 0 Å². The topological polar surface area (TPSA) is 189 Å². The first kappa shape index (κ1) is 74.1. The fraction of sp³-hybridized carbons (Fsp3) is 0.866. The van der Waals surface area contributed by atoms with E-state index in [9.17, 15) is 40.5 Å². The molecule has 78 heavy (non-hydrogen) atoms. The summed E-state index contributed by atoms with van der Waals surface area (Å²) in [4.78, 5) is 13.2. The van der Waals surface area contributed by atoms with E-state index in [0.717, 1.165) is 44.9 Å². The molecule has 1 amide bonds. The first-order valence-electron chi connectivity index (χ1n) is 33.0. The van der Waals surface area contributed by atoms with E-state index in [0.29, 0.717) is 19.3 Å². The summed E-state index contributed by atoms with van der Waals surface area (Å²) in [6.07, 6.45) is 60.6. The summed E-state index contributed by atoms with van der Waals surface area (Å²) in [6.45, 7) is 3.44. The molecule has 9 atom stereocenters. The number of carbonyl (C=O) groups excluding carboxylic acids is 1. The number of carbonyl (C=O) groups is 1. The van der Waals surface area contributed by atoms with Crippen molar-refractivity contribution >= 4 is 5.91 Å². The molecule has 0 saturated carbocycles. The van der Waals surface area contributed by atoms with E-state index in [1.807, 2.05) is 0 Å². The molecule has 1 aliphatic rings. The summed E-state index contributed by atoms with van der Waals surface area (Å²) in [6, 6.07) is -1.20. The van der Waals surface area contributed by atoms with Crippen LogP contribution in [0.4, 0.5) is 0 Å². The van der Waals surface area contributed by atoms with Gasteiger partial charge in [0.15, 0.2) is 6.29 Å². The molecule has 1 rings (SSSR count). The van der Waals surface area contributed by atoms with Gasteiger partial charge in [-0.1, -0.05) is 262 Å². The van der Waals surface area contributed by atoms with E-state index >= 15 is 0 Å². The standard InChI is InChI=1S/C67H125NO10/c1-3-5-7-9-11-13-15-17-19-21-22-23-24-25-26-27-28-29-30-31-32-33-34-35-36-37-39-41-43-45-47-49-51-53-55-60(71)66(76)68-58(57-77-67-65(75)64(74)63(73)61(56-69)78-67)62(72)59(70)54-52-50-48-46-44-42-40-38-20-18-16-14-12-10-8-6-4-2/h14,16,27-28,38,40,46,48,58-65,67,69-75H,3-13,15,17-26,29-37,39,41-45,47,49-57H2,1-2H3,(H,68,76)/b16-14+,28-27-,40-38+,48-46+. The Hall–Kier alpha value is -1.93. The molecule has 0 aromatic heterocycles. The molecule has 458 valence electrons. The van der Waals surface area contributed by atoms with Gasteiger partial charge in [0.25, 0.3) is 0 Å². The lowest BCUT2D eigenvalue weighted by atomic mass is 9.98. The van der Waals surface area contributed by atoms with E-state index in [-0.39, 0.29) is 12.8 Å². The van der Waals surface area contributed by atoms with Gasteiger partial charge in [-0.2, -0.15) is 0 Å². The number of allylic oxidation sites excluding steroid dienone is 8. The third kappa shape index (κ3) is 42.8. The Morgan fingerprint density at radius 2 is 0.769 bits per heavy atom. The Bertz CT molecular complexity index is 1410. The zero-order chi connectivity index (χ0) is 56.8. The summed E-state index contributed by atoms with van der Waals surface area (Å²) in [5.41, 5.74) is 0. The second kappa shape index (κ2) is 55.6. The number of aliphatic hydroxyl groups is 7. The van der Waals surface area contributed by atoms with Crippen LogP contribution >= 0.6 is 0 Å². The highest BCUT2D eigenvalue weighted by Crippen LogP contribution is 2.23. The first-order valence-corrected chi connectivity index (χ1v) is 33.0. The largest absolute Gasteiger partial charge is 0.394 e. The number of ether oxygens (including phenoxy) is 2. The third-order valence-corrected chi connectivity index (χ3v) is 15.8. The molecule has 9 unspecified atom stereocenters. The van der Waals surface area contributed by atoms with Crippen molar-refractivity contribution in [1.29, 1.82) is 0 Å². The molecule has 1 saturated heterocycles. The lowest BCUT2D eigenvalue weighted by Gasteiger charge is -2.40. The molecule has 1 aliphatic heterocycles. The van der Waals surface area contributed by atoms with Gasteiger partial charge in [0.1, 0.15) is 36.6 Å². The molecule has 0 aliphatic carbocycles. The minimum atomic E-state index is -1.67. The highest BCUT2D eigenvalue weighted by molar-refractivity contribution is 5.80. The van der Waals surface area contributed by atoms with Gasteiger partial charge in [0.2, 0.25) is 5.91 Å². The third-order valence-electron chi connectivity index (χ3n) is 15.8. The van der Waals surface area contributed by atoms with Crippen molar-refractivity contribution in [2.24, 2.45) is 0 Å². The Morgan fingerprint density at radius 1 is 0.436 bits per heavy atom. The van der Waals surface area contributed by atoms with Gasteiger partial charge in [-0.05, 0) is 89.9 Å². The molecule has 0 bridgehead atoms. The van der Waals surface area contributed by atoms with Gasteiger partial charge in [-0.15, -0.1) is 0 Å². The number of nitrogens with one attached hydrogen (secondary N) is 1. The second-order valence-electron chi connectivity index (χ2n) is 23.2. The van der Waals surface area contributed by atoms with Crippen molar-refractivity contribution in [1.82, 2.24) is 5.32 Å².